The van der Waals surface area contributed by atoms with Gasteiger partial charge in [-0.15, -0.1) is 0 Å². The molecule has 2 N–H and O–H groups in total. The van der Waals surface area contributed by atoms with Gasteiger partial charge >= 0.3 is 0 Å². The summed E-state index contributed by atoms with van der Waals surface area (Å²) in [4.78, 5) is 36.6. The lowest BCUT2D eigenvalue weighted by Gasteiger charge is -2.17. The number of rotatable bonds is 7. The van der Waals surface area contributed by atoms with Gasteiger partial charge in [0, 0.05) is 16.8 Å². The van der Waals surface area contributed by atoms with Gasteiger partial charge in [0.1, 0.15) is 5.69 Å². The Balaban J connectivity index is 1.96. The van der Waals surface area contributed by atoms with Gasteiger partial charge in [-0.3, -0.25) is 24.6 Å². The number of nitrogens with one attached hydrogen (secondary N) is 2. The fourth-order valence-corrected chi connectivity index (χ4v) is 2.70. The van der Waals surface area contributed by atoms with Crippen LogP contribution in [-0.4, -0.2) is 41.8 Å². The average Bonchev–Trinajstić information content (AvgIpc) is 2.60. The van der Waals surface area contributed by atoms with E-state index in [1.54, 1.807) is 44.3 Å². The number of nitro groups is 1. The molecular formula is C19H21ClN4O4. The maximum absolute atomic E-state index is 12.3. The van der Waals surface area contributed by atoms with Crippen LogP contribution in [0.15, 0.2) is 36.4 Å². The van der Waals surface area contributed by atoms with Crippen LogP contribution in [0.25, 0.3) is 0 Å². The van der Waals surface area contributed by atoms with Crippen LogP contribution in [0.4, 0.5) is 17.1 Å². The highest BCUT2D eigenvalue weighted by Gasteiger charge is 2.20. The number of carbonyl (C=O) groups is 2. The number of halogens is 1. The summed E-state index contributed by atoms with van der Waals surface area (Å²) in [5.74, 6) is -0.742. The second-order valence-corrected chi connectivity index (χ2v) is 6.87. The third-order valence-corrected chi connectivity index (χ3v) is 4.38. The lowest BCUT2D eigenvalue weighted by molar-refractivity contribution is -0.384. The highest BCUT2D eigenvalue weighted by atomic mass is 35.5. The first-order valence-electron chi connectivity index (χ1n) is 8.45. The minimum atomic E-state index is -0.536. The molecule has 0 atom stereocenters. The summed E-state index contributed by atoms with van der Waals surface area (Å²) in [5, 5.41) is 17.1. The third-order valence-electron chi connectivity index (χ3n) is 4.13. The SMILES string of the molecule is Cc1ccc([N+](=O)[O-])c(NC(=O)CN(C)CC(=O)Nc2ccc(Cl)cc2)c1C. The molecule has 0 aliphatic rings. The first kappa shape index (κ1) is 21.3. The summed E-state index contributed by atoms with van der Waals surface area (Å²) in [7, 11) is 1.61. The Kier molecular flexibility index (Phi) is 7.08. The number of nitro benzene ring substituents is 1. The fraction of sp³-hybridized carbons (Fsp3) is 0.263. The molecule has 0 aliphatic heterocycles. The predicted octanol–water partition coefficient (Wildman–Crippen LogP) is 3.37. The Hall–Kier alpha value is -2.97. The highest BCUT2D eigenvalue weighted by molar-refractivity contribution is 6.30. The van der Waals surface area contributed by atoms with Crippen molar-refractivity contribution in [3.05, 3.63) is 62.7 Å². The number of hydrogen-bond donors (Lipinski definition) is 2. The molecule has 0 unspecified atom stereocenters. The zero-order valence-corrected chi connectivity index (χ0v) is 16.5. The van der Waals surface area contributed by atoms with E-state index in [2.05, 4.69) is 10.6 Å². The molecule has 0 spiro atoms. The van der Waals surface area contributed by atoms with Gasteiger partial charge in [-0.2, -0.15) is 0 Å². The topological polar surface area (TPSA) is 105 Å². The smallest absolute Gasteiger partial charge is 0.293 e. The van der Waals surface area contributed by atoms with Gasteiger partial charge in [0.05, 0.1) is 18.0 Å². The maximum Gasteiger partial charge on any atom is 0.293 e. The summed E-state index contributed by atoms with van der Waals surface area (Å²) in [6.07, 6.45) is 0. The molecule has 0 aromatic heterocycles. The summed E-state index contributed by atoms with van der Waals surface area (Å²) in [6, 6.07) is 9.66. The second kappa shape index (κ2) is 9.29. The Morgan fingerprint density at radius 2 is 1.61 bits per heavy atom. The number of hydrogen-bond acceptors (Lipinski definition) is 5. The predicted molar refractivity (Wildman–Crippen MR) is 109 cm³/mol. The van der Waals surface area contributed by atoms with Crippen LogP contribution in [0, 0.1) is 24.0 Å². The molecule has 9 heteroatoms. The molecule has 2 amide bonds. The lowest BCUT2D eigenvalue weighted by Crippen LogP contribution is -2.36. The first-order chi connectivity index (χ1) is 13.2. The zero-order valence-electron chi connectivity index (χ0n) is 15.8. The molecular weight excluding hydrogens is 384 g/mol. The molecule has 28 heavy (non-hydrogen) atoms. The van der Waals surface area contributed by atoms with Crippen molar-refractivity contribution >= 4 is 40.5 Å². The number of carbonyl (C=O) groups excluding carboxylic acids is 2. The van der Waals surface area contributed by atoms with Gasteiger partial charge in [0.25, 0.3) is 5.69 Å². The van der Waals surface area contributed by atoms with Gasteiger partial charge < -0.3 is 10.6 Å². The van der Waals surface area contributed by atoms with E-state index in [4.69, 9.17) is 11.6 Å². The van der Waals surface area contributed by atoms with Crippen molar-refractivity contribution < 1.29 is 14.5 Å². The standard InChI is InChI=1S/C19H21ClN4O4/c1-12-4-9-16(24(27)28)19(13(12)2)22-18(26)11-23(3)10-17(25)21-15-7-5-14(20)6-8-15/h4-9H,10-11H2,1-3H3,(H,21,25)(H,22,26). The molecule has 0 bridgehead atoms. The van der Waals surface area contributed by atoms with Gasteiger partial charge in [-0.05, 0) is 56.3 Å². The van der Waals surface area contributed by atoms with Crippen LogP contribution in [0.5, 0.6) is 0 Å². The molecule has 8 nitrogen and oxygen atoms in total. The van der Waals surface area contributed by atoms with Crippen molar-refractivity contribution in [1.29, 1.82) is 0 Å². The molecule has 2 aromatic carbocycles. The normalized spacial score (nSPS) is 10.6. The lowest BCUT2D eigenvalue weighted by atomic mass is 10.1. The Morgan fingerprint density at radius 3 is 2.18 bits per heavy atom. The van der Waals surface area contributed by atoms with Crippen LogP contribution in [0.3, 0.4) is 0 Å². The van der Waals surface area contributed by atoms with Crippen molar-refractivity contribution in [2.75, 3.05) is 30.8 Å². The zero-order chi connectivity index (χ0) is 20.8. The van der Waals surface area contributed by atoms with Gasteiger partial charge in [-0.25, -0.2) is 0 Å². The molecule has 0 aliphatic carbocycles. The molecule has 2 aromatic rings. The second-order valence-electron chi connectivity index (χ2n) is 6.43. The van der Waals surface area contributed by atoms with Crippen LogP contribution in [-0.2, 0) is 9.59 Å². The van der Waals surface area contributed by atoms with E-state index in [9.17, 15) is 19.7 Å². The van der Waals surface area contributed by atoms with Crippen molar-refractivity contribution in [1.82, 2.24) is 4.90 Å². The van der Waals surface area contributed by atoms with Crippen molar-refractivity contribution in [3.63, 3.8) is 0 Å². The van der Waals surface area contributed by atoms with E-state index in [0.29, 0.717) is 16.3 Å². The van der Waals surface area contributed by atoms with E-state index >= 15 is 0 Å². The summed E-state index contributed by atoms with van der Waals surface area (Å²) in [5.41, 5.74) is 2.06. The van der Waals surface area contributed by atoms with Crippen molar-refractivity contribution in [2.45, 2.75) is 13.8 Å². The van der Waals surface area contributed by atoms with Gasteiger partial charge in [0.2, 0.25) is 11.8 Å². The van der Waals surface area contributed by atoms with E-state index in [1.165, 1.54) is 11.0 Å². The van der Waals surface area contributed by atoms with Gasteiger partial charge in [0.15, 0.2) is 0 Å². The van der Waals surface area contributed by atoms with Crippen LogP contribution >= 0.6 is 11.6 Å². The molecule has 0 fully saturated rings. The van der Waals surface area contributed by atoms with E-state index < -0.39 is 10.8 Å². The Morgan fingerprint density at radius 1 is 1.04 bits per heavy atom. The van der Waals surface area contributed by atoms with Crippen LogP contribution in [0.1, 0.15) is 11.1 Å². The molecule has 0 heterocycles. The van der Waals surface area contributed by atoms with E-state index in [0.717, 1.165) is 5.56 Å². The highest BCUT2D eigenvalue weighted by Crippen LogP contribution is 2.30. The Bertz CT molecular complexity index is 900. The monoisotopic (exact) mass is 404 g/mol. The summed E-state index contributed by atoms with van der Waals surface area (Å²) < 4.78 is 0. The number of anilines is 2. The van der Waals surface area contributed by atoms with Crippen molar-refractivity contribution in [2.24, 2.45) is 0 Å². The number of benzene rings is 2. The summed E-state index contributed by atoms with van der Waals surface area (Å²) in [6.45, 7) is 3.40. The molecule has 0 saturated heterocycles. The largest absolute Gasteiger partial charge is 0.325 e. The van der Waals surface area contributed by atoms with Crippen LogP contribution < -0.4 is 10.6 Å². The van der Waals surface area contributed by atoms with E-state index in [1.807, 2.05) is 6.92 Å². The molecule has 0 radical (unpaired) electrons. The summed E-state index contributed by atoms with van der Waals surface area (Å²) >= 11 is 5.80. The van der Waals surface area contributed by atoms with Crippen LogP contribution in [0.2, 0.25) is 5.02 Å². The quantitative estimate of drug-likeness (QED) is 0.543. The minimum absolute atomic E-state index is 0.0229. The molecule has 148 valence electrons. The maximum atomic E-state index is 12.3. The first-order valence-corrected chi connectivity index (χ1v) is 8.83. The average molecular weight is 405 g/mol. The third kappa shape index (κ3) is 5.77. The number of nitrogens with zero attached hydrogens (tertiary/aromatic N) is 2. The molecule has 0 saturated carbocycles. The molecule has 2 rings (SSSR count). The van der Waals surface area contributed by atoms with Crippen molar-refractivity contribution in [3.8, 4) is 0 Å². The minimum Gasteiger partial charge on any atom is -0.325 e. The number of amides is 2. The van der Waals surface area contributed by atoms with E-state index in [-0.39, 0.29) is 30.4 Å². The number of likely N-dealkylation sites (N-methyl/N-ethyl adjacent to an activating group) is 1. The van der Waals surface area contributed by atoms with Gasteiger partial charge in [-0.1, -0.05) is 17.7 Å². The Labute approximate surface area is 167 Å². The fourth-order valence-electron chi connectivity index (χ4n) is 2.57. The number of aryl methyl sites for hydroxylation is 1.